The summed E-state index contributed by atoms with van der Waals surface area (Å²) in [5.41, 5.74) is 1.17. The van der Waals surface area contributed by atoms with Crippen molar-refractivity contribution in [3.63, 3.8) is 0 Å². The predicted molar refractivity (Wildman–Crippen MR) is 88.3 cm³/mol. The first-order valence-electron chi connectivity index (χ1n) is 7.25. The number of furan rings is 1. The Morgan fingerprint density at radius 1 is 1.36 bits per heavy atom. The van der Waals surface area contributed by atoms with Crippen molar-refractivity contribution in [1.29, 1.82) is 0 Å². The van der Waals surface area contributed by atoms with Crippen LogP contribution in [0.25, 0.3) is 10.2 Å². The highest BCUT2D eigenvalue weighted by atomic mass is 32.1. The molecule has 2 unspecified atom stereocenters. The van der Waals surface area contributed by atoms with Crippen LogP contribution < -0.4 is 5.32 Å². The van der Waals surface area contributed by atoms with Gasteiger partial charge in [-0.15, -0.1) is 11.3 Å². The van der Waals surface area contributed by atoms with Gasteiger partial charge in [0.1, 0.15) is 28.3 Å². The summed E-state index contributed by atoms with van der Waals surface area (Å²) in [6.45, 7) is 5.98. The smallest absolute Gasteiger partial charge is 0.138 e. The molecule has 3 aromatic heterocycles. The van der Waals surface area contributed by atoms with Crippen molar-refractivity contribution in [2.75, 3.05) is 5.32 Å². The Morgan fingerprint density at radius 3 is 2.91 bits per heavy atom. The number of fused-ring (bicyclic) bond motifs is 1. The fraction of sp³-hybridized carbons (Fsp3) is 0.375. The average molecular weight is 317 g/mol. The second-order valence-electron chi connectivity index (χ2n) is 5.53. The third-order valence-electron chi connectivity index (χ3n) is 3.56. The zero-order valence-corrected chi connectivity index (χ0v) is 13.6. The number of rotatable bonds is 5. The van der Waals surface area contributed by atoms with E-state index in [1.165, 1.54) is 5.56 Å². The summed E-state index contributed by atoms with van der Waals surface area (Å²) in [7, 11) is 0. The standard InChI is InChI=1S/C16H19N3O2S/c1-9-8-22-16-14(9)15(18-11(3)19-16)17-10(2)7-12(20)13-5-4-6-21-13/h4-6,8,10,12,20H,7H2,1-3H3,(H,17,18,19). The van der Waals surface area contributed by atoms with E-state index < -0.39 is 6.10 Å². The average Bonchev–Trinajstić information content (AvgIpc) is 3.08. The first-order valence-corrected chi connectivity index (χ1v) is 8.13. The molecule has 3 heterocycles. The van der Waals surface area contributed by atoms with Crippen LogP contribution in [0.1, 0.15) is 36.6 Å². The van der Waals surface area contributed by atoms with Gasteiger partial charge >= 0.3 is 0 Å². The number of aromatic nitrogens is 2. The molecule has 0 bridgehead atoms. The molecule has 22 heavy (non-hydrogen) atoms. The molecule has 0 aliphatic rings. The fourth-order valence-electron chi connectivity index (χ4n) is 2.52. The minimum absolute atomic E-state index is 0.0527. The van der Waals surface area contributed by atoms with Crippen molar-refractivity contribution in [2.24, 2.45) is 0 Å². The lowest BCUT2D eigenvalue weighted by Crippen LogP contribution is -2.19. The number of anilines is 1. The van der Waals surface area contributed by atoms with E-state index in [0.717, 1.165) is 21.9 Å². The van der Waals surface area contributed by atoms with E-state index in [1.54, 1.807) is 29.7 Å². The lowest BCUT2D eigenvalue weighted by Gasteiger charge is -2.18. The Kier molecular flexibility index (Phi) is 4.13. The third kappa shape index (κ3) is 2.98. The van der Waals surface area contributed by atoms with E-state index in [-0.39, 0.29) is 6.04 Å². The Bertz CT molecular complexity index is 767. The molecular formula is C16H19N3O2S. The third-order valence-corrected chi connectivity index (χ3v) is 4.55. The van der Waals surface area contributed by atoms with Crippen molar-refractivity contribution in [1.82, 2.24) is 9.97 Å². The highest BCUT2D eigenvalue weighted by Gasteiger charge is 2.17. The molecule has 3 rings (SSSR count). The monoisotopic (exact) mass is 317 g/mol. The minimum atomic E-state index is -0.625. The Morgan fingerprint density at radius 2 is 2.18 bits per heavy atom. The number of thiophene rings is 1. The summed E-state index contributed by atoms with van der Waals surface area (Å²) in [5, 5.41) is 16.7. The Hall–Kier alpha value is -1.92. The molecule has 0 aliphatic carbocycles. The van der Waals surface area contributed by atoms with Gasteiger partial charge in [0.25, 0.3) is 0 Å². The summed E-state index contributed by atoms with van der Waals surface area (Å²) in [4.78, 5) is 9.98. The van der Waals surface area contributed by atoms with Gasteiger partial charge in [0.15, 0.2) is 0 Å². The van der Waals surface area contributed by atoms with Gasteiger partial charge < -0.3 is 14.8 Å². The maximum Gasteiger partial charge on any atom is 0.138 e. The molecule has 2 N–H and O–H groups in total. The Balaban J connectivity index is 1.79. The lowest BCUT2D eigenvalue weighted by molar-refractivity contribution is 0.136. The topological polar surface area (TPSA) is 71.2 Å². The Labute approximate surface area is 133 Å². The molecule has 116 valence electrons. The summed E-state index contributed by atoms with van der Waals surface area (Å²) in [6, 6.07) is 3.62. The minimum Gasteiger partial charge on any atom is -0.467 e. The van der Waals surface area contributed by atoms with E-state index in [4.69, 9.17) is 4.42 Å². The molecule has 0 aliphatic heterocycles. The maximum absolute atomic E-state index is 10.2. The molecule has 0 spiro atoms. The second-order valence-corrected chi connectivity index (χ2v) is 6.39. The van der Waals surface area contributed by atoms with E-state index in [0.29, 0.717) is 12.2 Å². The number of aliphatic hydroxyl groups excluding tert-OH is 1. The van der Waals surface area contributed by atoms with Crippen LogP contribution >= 0.6 is 11.3 Å². The molecule has 0 aromatic carbocycles. The molecular weight excluding hydrogens is 298 g/mol. The van der Waals surface area contributed by atoms with E-state index in [2.05, 4.69) is 27.6 Å². The number of aryl methyl sites for hydroxylation is 2. The van der Waals surface area contributed by atoms with Crippen LogP contribution in [0.3, 0.4) is 0 Å². The van der Waals surface area contributed by atoms with Crippen LogP contribution in [-0.4, -0.2) is 21.1 Å². The molecule has 6 heteroatoms. The van der Waals surface area contributed by atoms with Gasteiger partial charge in [0.05, 0.1) is 11.6 Å². The summed E-state index contributed by atoms with van der Waals surface area (Å²) in [5.74, 6) is 2.17. The summed E-state index contributed by atoms with van der Waals surface area (Å²) in [6.07, 6.45) is 1.49. The SMILES string of the molecule is Cc1nc(NC(C)CC(O)c2ccco2)c2c(C)csc2n1. The van der Waals surface area contributed by atoms with Crippen LogP contribution in [0.4, 0.5) is 5.82 Å². The molecule has 0 radical (unpaired) electrons. The second kappa shape index (κ2) is 6.06. The van der Waals surface area contributed by atoms with Crippen LogP contribution in [0.2, 0.25) is 0 Å². The van der Waals surface area contributed by atoms with Gasteiger partial charge in [-0.2, -0.15) is 0 Å². The molecule has 5 nitrogen and oxygen atoms in total. The van der Waals surface area contributed by atoms with Crippen molar-refractivity contribution in [3.8, 4) is 0 Å². The number of nitrogens with zero attached hydrogens (tertiary/aromatic N) is 2. The van der Waals surface area contributed by atoms with Crippen molar-refractivity contribution in [3.05, 3.63) is 40.9 Å². The van der Waals surface area contributed by atoms with Gasteiger partial charge in [0, 0.05) is 12.5 Å². The zero-order chi connectivity index (χ0) is 15.7. The number of nitrogens with one attached hydrogen (secondary N) is 1. The van der Waals surface area contributed by atoms with Crippen molar-refractivity contribution >= 4 is 27.4 Å². The molecule has 2 atom stereocenters. The quantitative estimate of drug-likeness (QED) is 0.748. The number of aliphatic hydroxyl groups is 1. The normalized spacial score (nSPS) is 14.2. The van der Waals surface area contributed by atoms with E-state index >= 15 is 0 Å². The zero-order valence-electron chi connectivity index (χ0n) is 12.8. The van der Waals surface area contributed by atoms with Gasteiger partial charge in [0.2, 0.25) is 0 Å². The maximum atomic E-state index is 10.2. The molecule has 3 aromatic rings. The summed E-state index contributed by atoms with van der Waals surface area (Å²) < 4.78 is 5.24. The van der Waals surface area contributed by atoms with E-state index in [9.17, 15) is 5.11 Å². The fourth-order valence-corrected chi connectivity index (χ4v) is 3.49. The van der Waals surface area contributed by atoms with Crippen molar-refractivity contribution in [2.45, 2.75) is 39.3 Å². The largest absolute Gasteiger partial charge is 0.467 e. The number of hydrogen-bond donors (Lipinski definition) is 2. The highest BCUT2D eigenvalue weighted by molar-refractivity contribution is 7.17. The van der Waals surface area contributed by atoms with Crippen LogP contribution in [0.15, 0.2) is 28.2 Å². The molecule has 0 saturated heterocycles. The predicted octanol–water partition coefficient (Wildman–Crippen LogP) is 3.83. The van der Waals surface area contributed by atoms with Crippen LogP contribution in [-0.2, 0) is 0 Å². The molecule has 0 saturated carbocycles. The van der Waals surface area contributed by atoms with E-state index in [1.807, 2.05) is 13.8 Å². The van der Waals surface area contributed by atoms with Gasteiger partial charge in [-0.1, -0.05) is 0 Å². The van der Waals surface area contributed by atoms with Gasteiger partial charge in [-0.05, 0) is 43.8 Å². The van der Waals surface area contributed by atoms with Crippen LogP contribution in [0, 0.1) is 13.8 Å². The first kappa shape index (κ1) is 15.0. The highest BCUT2D eigenvalue weighted by Crippen LogP contribution is 2.30. The van der Waals surface area contributed by atoms with Gasteiger partial charge in [-0.25, -0.2) is 9.97 Å². The molecule has 0 amide bonds. The van der Waals surface area contributed by atoms with Gasteiger partial charge in [-0.3, -0.25) is 0 Å². The molecule has 0 fully saturated rings. The first-order chi connectivity index (χ1) is 10.5. The lowest BCUT2D eigenvalue weighted by atomic mass is 10.1. The van der Waals surface area contributed by atoms with Crippen molar-refractivity contribution < 1.29 is 9.52 Å². The number of hydrogen-bond acceptors (Lipinski definition) is 6. The van der Waals surface area contributed by atoms with Crippen LogP contribution in [0.5, 0.6) is 0 Å². The summed E-state index contributed by atoms with van der Waals surface area (Å²) >= 11 is 1.63.